The fraction of sp³-hybridized carbons (Fsp3) is 0.348. The zero-order valence-electron chi connectivity index (χ0n) is 17.8. The molecule has 0 saturated heterocycles. The van der Waals surface area contributed by atoms with Crippen molar-refractivity contribution in [2.45, 2.75) is 45.7 Å². The van der Waals surface area contributed by atoms with Gasteiger partial charge < -0.3 is 4.74 Å². The van der Waals surface area contributed by atoms with Crippen molar-refractivity contribution in [2.75, 3.05) is 6.54 Å². The molecular formula is C23H28N2O3S2. The van der Waals surface area contributed by atoms with Gasteiger partial charge in [0, 0.05) is 11.9 Å². The number of thiazole rings is 1. The third-order valence-electron chi connectivity index (χ3n) is 4.52. The van der Waals surface area contributed by atoms with Gasteiger partial charge in [-0.05, 0) is 49.6 Å². The average molecular weight is 445 g/mol. The number of sulfonamides is 1. The van der Waals surface area contributed by atoms with Crippen molar-refractivity contribution >= 4 is 21.4 Å². The molecule has 7 heteroatoms. The smallest absolute Gasteiger partial charge is 0.243 e. The molecular weight excluding hydrogens is 416 g/mol. The molecule has 0 unspecified atom stereocenters. The maximum Gasteiger partial charge on any atom is 0.243 e. The maximum absolute atomic E-state index is 13.2. The second kappa shape index (κ2) is 9.73. The lowest BCUT2D eigenvalue weighted by molar-refractivity contribution is 0.304. The molecule has 0 aliphatic heterocycles. The van der Waals surface area contributed by atoms with E-state index in [4.69, 9.17) is 4.74 Å². The molecule has 1 aromatic heterocycles. The fourth-order valence-corrected chi connectivity index (χ4v) is 5.30. The first-order valence-electron chi connectivity index (χ1n) is 9.93. The minimum Gasteiger partial charge on any atom is -0.486 e. The molecule has 30 heavy (non-hydrogen) atoms. The number of aromatic nitrogens is 1. The minimum absolute atomic E-state index is 0.202. The summed E-state index contributed by atoms with van der Waals surface area (Å²) in [5.74, 6) is 1.00. The van der Waals surface area contributed by atoms with Crippen molar-refractivity contribution in [3.63, 3.8) is 0 Å². The molecule has 0 aliphatic carbocycles. The molecule has 3 aromatic rings. The Morgan fingerprint density at radius 3 is 2.47 bits per heavy atom. The molecule has 0 amide bonds. The summed E-state index contributed by atoms with van der Waals surface area (Å²) in [6.45, 7) is 9.03. The van der Waals surface area contributed by atoms with Crippen LogP contribution in [0.2, 0.25) is 0 Å². The van der Waals surface area contributed by atoms with Gasteiger partial charge in [-0.2, -0.15) is 4.31 Å². The van der Waals surface area contributed by atoms with E-state index in [9.17, 15) is 8.42 Å². The van der Waals surface area contributed by atoms with Crippen LogP contribution < -0.4 is 4.74 Å². The van der Waals surface area contributed by atoms with Gasteiger partial charge in [0.25, 0.3) is 0 Å². The molecule has 0 spiro atoms. The van der Waals surface area contributed by atoms with Gasteiger partial charge in [0.15, 0.2) is 0 Å². The zero-order chi connectivity index (χ0) is 21.7. The third-order valence-corrected chi connectivity index (χ3v) is 7.21. The molecule has 0 radical (unpaired) electrons. The molecule has 160 valence electrons. The summed E-state index contributed by atoms with van der Waals surface area (Å²) in [7, 11) is -3.60. The zero-order valence-corrected chi connectivity index (χ0v) is 19.5. The summed E-state index contributed by atoms with van der Waals surface area (Å²) in [4.78, 5) is 4.92. The number of aryl methyl sites for hydroxylation is 2. The van der Waals surface area contributed by atoms with E-state index < -0.39 is 10.0 Å². The predicted octanol–water partition coefficient (Wildman–Crippen LogP) is 5.19. The quantitative estimate of drug-likeness (QED) is 0.456. The number of hydrogen-bond donors (Lipinski definition) is 0. The summed E-state index contributed by atoms with van der Waals surface area (Å²) in [6.07, 6.45) is 0. The summed E-state index contributed by atoms with van der Waals surface area (Å²) in [5, 5.41) is 2.73. The molecule has 0 fully saturated rings. The molecule has 3 rings (SSSR count). The van der Waals surface area contributed by atoms with Crippen molar-refractivity contribution < 1.29 is 13.2 Å². The van der Waals surface area contributed by atoms with E-state index >= 15 is 0 Å². The topological polar surface area (TPSA) is 59.5 Å². The predicted molar refractivity (Wildman–Crippen MR) is 121 cm³/mol. The van der Waals surface area contributed by atoms with Crippen LogP contribution in [0.25, 0.3) is 0 Å². The Morgan fingerprint density at radius 1 is 1.07 bits per heavy atom. The van der Waals surface area contributed by atoms with Gasteiger partial charge in [-0.1, -0.05) is 43.7 Å². The highest BCUT2D eigenvalue weighted by Gasteiger charge is 2.26. The lowest BCUT2D eigenvalue weighted by Gasteiger charge is -2.23. The highest BCUT2D eigenvalue weighted by molar-refractivity contribution is 7.89. The largest absolute Gasteiger partial charge is 0.486 e. The first-order chi connectivity index (χ1) is 14.2. The Morgan fingerprint density at radius 2 is 1.80 bits per heavy atom. The van der Waals surface area contributed by atoms with Gasteiger partial charge >= 0.3 is 0 Å². The van der Waals surface area contributed by atoms with Crippen LogP contribution in [0.4, 0.5) is 0 Å². The van der Waals surface area contributed by atoms with E-state index in [0.29, 0.717) is 18.0 Å². The highest BCUT2D eigenvalue weighted by Crippen LogP contribution is 2.22. The van der Waals surface area contributed by atoms with Gasteiger partial charge in [-0.25, -0.2) is 13.4 Å². The molecule has 1 heterocycles. The maximum atomic E-state index is 13.2. The summed E-state index contributed by atoms with van der Waals surface area (Å²) < 4.78 is 33.8. The Balaban J connectivity index is 1.73. The van der Waals surface area contributed by atoms with Gasteiger partial charge in [-0.3, -0.25) is 0 Å². The van der Waals surface area contributed by atoms with E-state index in [0.717, 1.165) is 27.6 Å². The van der Waals surface area contributed by atoms with Crippen LogP contribution in [0.3, 0.4) is 0 Å². The van der Waals surface area contributed by atoms with Crippen molar-refractivity contribution in [1.82, 2.24) is 9.29 Å². The van der Waals surface area contributed by atoms with Crippen molar-refractivity contribution in [2.24, 2.45) is 5.92 Å². The Bertz CT molecular complexity index is 1070. The molecule has 0 atom stereocenters. The third kappa shape index (κ3) is 5.90. The molecule has 5 nitrogen and oxygen atoms in total. The fourth-order valence-electron chi connectivity index (χ4n) is 3.03. The molecule has 0 aliphatic rings. The van der Waals surface area contributed by atoms with Crippen LogP contribution in [0.5, 0.6) is 5.75 Å². The SMILES string of the molecule is Cc1ccc(S(=O)(=O)N(Cc2csc(COc3cccc(C)c3)n2)CC(C)C)cc1. The Hall–Kier alpha value is -2.22. The second-order valence-corrected chi connectivity index (χ2v) is 10.7. The molecule has 0 saturated carbocycles. The van der Waals surface area contributed by atoms with Crippen LogP contribution in [-0.4, -0.2) is 24.3 Å². The van der Waals surface area contributed by atoms with Crippen molar-refractivity contribution in [1.29, 1.82) is 0 Å². The summed E-state index contributed by atoms with van der Waals surface area (Å²) in [6, 6.07) is 14.9. The Kier molecular flexibility index (Phi) is 7.28. The van der Waals surface area contributed by atoms with Crippen LogP contribution >= 0.6 is 11.3 Å². The van der Waals surface area contributed by atoms with Gasteiger partial charge in [-0.15, -0.1) is 11.3 Å². The number of rotatable bonds is 9. The summed E-state index contributed by atoms with van der Waals surface area (Å²) in [5.41, 5.74) is 2.90. The standard InChI is InChI=1S/C23H28N2O3S2/c1-17(2)13-25(30(26,27)22-10-8-18(3)9-11-22)14-20-16-29-23(24-20)15-28-21-7-5-6-19(4)12-21/h5-12,16-17H,13-15H2,1-4H3. The van der Waals surface area contributed by atoms with Crippen LogP contribution in [0, 0.1) is 19.8 Å². The number of hydrogen-bond acceptors (Lipinski definition) is 5. The second-order valence-electron chi connectivity index (χ2n) is 7.84. The van der Waals surface area contributed by atoms with E-state index in [1.54, 1.807) is 12.1 Å². The van der Waals surface area contributed by atoms with E-state index in [1.807, 2.05) is 69.5 Å². The van der Waals surface area contributed by atoms with E-state index in [2.05, 4.69) is 4.98 Å². The van der Waals surface area contributed by atoms with Crippen LogP contribution in [-0.2, 0) is 23.2 Å². The van der Waals surface area contributed by atoms with E-state index in [1.165, 1.54) is 15.6 Å². The highest BCUT2D eigenvalue weighted by atomic mass is 32.2. The number of ether oxygens (including phenoxy) is 1. The Labute approximate surface area is 183 Å². The van der Waals surface area contributed by atoms with Gasteiger partial charge in [0.1, 0.15) is 17.4 Å². The van der Waals surface area contributed by atoms with E-state index in [-0.39, 0.29) is 12.5 Å². The molecule has 0 bridgehead atoms. The first-order valence-corrected chi connectivity index (χ1v) is 12.3. The molecule has 2 aromatic carbocycles. The van der Waals surface area contributed by atoms with Gasteiger partial charge in [0.2, 0.25) is 10.0 Å². The monoisotopic (exact) mass is 444 g/mol. The normalized spacial score (nSPS) is 11.9. The van der Waals surface area contributed by atoms with Crippen molar-refractivity contribution in [3.05, 3.63) is 75.7 Å². The minimum atomic E-state index is -3.60. The van der Waals surface area contributed by atoms with Gasteiger partial charge in [0.05, 0.1) is 17.1 Å². The number of benzene rings is 2. The first kappa shape index (κ1) is 22.5. The molecule has 0 N–H and O–H groups in total. The van der Waals surface area contributed by atoms with Crippen LogP contribution in [0.1, 0.15) is 35.7 Å². The lowest BCUT2D eigenvalue weighted by atomic mass is 10.2. The lowest BCUT2D eigenvalue weighted by Crippen LogP contribution is -2.34. The van der Waals surface area contributed by atoms with Crippen molar-refractivity contribution in [3.8, 4) is 5.75 Å². The average Bonchev–Trinajstić information content (AvgIpc) is 3.13. The summed E-state index contributed by atoms with van der Waals surface area (Å²) >= 11 is 1.48. The van der Waals surface area contributed by atoms with Crippen LogP contribution in [0.15, 0.2) is 58.8 Å². The number of nitrogens with zero attached hydrogens (tertiary/aromatic N) is 2.